The van der Waals surface area contributed by atoms with Gasteiger partial charge in [-0.05, 0) is 84.0 Å². The first kappa shape index (κ1) is 32.2. The monoisotopic (exact) mass is 662 g/mol. The minimum atomic E-state index is -1.44. The van der Waals surface area contributed by atoms with Gasteiger partial charge in [-0.1, -0.05) is 30.3 Å². The predicted molar refractivity (Wildman–Crippen MR) is 183 cm³/mol. The van der Waals surface area contributed by atoms with Crippen LogP contribution in [0.2, 0.25) is 0 Å². The van der Waals surface area contributed by atoms with E-state index >= 15 is 0 Å². The number of methoxy groups -OCH3 is 2. The molecule has 0 spiro atoms. The van der Waals surface area contributed by atoms with Crippen LogP contribution in [-0.2, 0) is 35.3 Å². The molecular formula is C39H39FN4O5. The van der Waals surface area contributed by atoms with Gasteiger partial charge in [0.15, 0.2) is 5.54 Å². The fourth-order valence-electron chi connectivity index (χ4n) is 8.10. The number of halogens is 1. The summed E-state index contributed by atoms with van der Waals surface area (Å²) in [5, 5.41) is 1.06. The molecule has 0 unspecified atom stereocenters. The topological polar surface area (TPSA) is 96.9 Å². The van der Waals surface area contributed by atoms with Crippen LogP contribution in [0.25, 0.3) is 10.9 Å². The van der Waals surface area contributed by atoms with E-state index in [2.05, 4.69) is 9.55 Å². The van der Waals surface area contributed by atoms with Crippen LogP contribution in [0, 0.1) is 11.7 Å². The second kappa shape index (κ2) is 12.6. The van der Waals surface area contributed by atoms with Crippen LogP contribution in [0.5, 0.6) is 5.75 Å². The lowest BCUT2D eigenvalue weighted by Gasteiger charge is -2.40. The number of likely N-dealkylation sites (tertiary alicyclic amines) is 1. The number of carbonyl (C=O) groups is 3. The van der Waals surface area contributed by atoms with Crippen molar-refractivity contribution in [3.05, 3.63) is 125 Å². The molecule has 1 saturated heterocycles. The Labute approximate surface area is 284 Å². The molecule has 0 saturated carbocycles. The van der Waals surface area contributed by atoms with Crippen molar-refractivity contribution in [1.29, 1.82) is 0 Å². The van der Waals surface area contributed by atoms with Crippen LogP contribution in [0.4, 0.5) is 4.39 Å². The first-order valence-electron chi connectivity index (χ1n) is 16.4. The lowest BCUT2D eigenvalue weighted by atomic mass is 9.75. The average Bonchev–Trinajstić information content (AvgIpc) is 3.86. The minimum absolute atomic E-state index is 0.107. The van der Waals surface area contributed by atoms with E-state index in [1.165, 1.54) is 19.2 Å². The van der Waals surface area contributed by atoms with E-state index in [-0.39, 0.29) is 24.2 Å². The van der Waals surface area contributed by atoms with E-state index in [4.69, 9.17) is 9.47 Å². The SMILES string of the molecule is COC(=O)[C@@]1(Cc2ccc(F)cc2)[C@H]2c3cc(C(=O)N(C)C)n(CCc4c[nH]c5ccc(OC)cc45)c3C[C@H]2CN1C(=O)c1ccccc1. The van der Waals surface area contributed by atoms with Gasteiger partial charge in [-0.3, -0.25) is 9.59 Å². The highest BCUT2D eigenvalue weighted by atomic mass is 19.1. The molecule has 1 fully saturated rings. The molecule has 3 atom stereocenters. The number of hydrogen-bond acceptors (Lipinski definition) is 5. The van der Waals surface area contributed by atoms with Crippen molar-refractivity contribution in [2.24, 2.45) is 5.92 Å². The summed E-state index contributed by atoms with van der Waals surface area (Å²) in [4.78, 5) is 48.9. The summed E-state index contributed by atoms with van der Waals surface area (Å²) in [6.07, 6.45) is 3.34. The van der Waals surface area contributed by atoms with Crippen LogP contribution in [0.3, 0.4) is 0 Å². The van der Waals surface area contributed by atoms with Crippen molar-refractivity contribution >= 4 is 28.7 Å². The first-order valence-corrected chi connectivity index (χ1v) is 16.4. The van der Waals surface area contributed by atoms with Crippen LogP contribution < -0.4 is 4.74 Å². The van der Waals surface area contributed by atoms with E-state index in [0.29, 0.717) is 42.8 Å². The maximum Gasteiger partial charge on any atom is 0.332 e. The van der Waals surface area contributed by atoms with Crippen molar-refractivity contribution in [3.63, 3.8) is 0 Å². The lowest BCUT2D eigenvalue weighted by molar-refractivity contribution is -0.153. The van der Waals surface area contributed by atoms with Gasteiger partial charge in [-0.15, -0.1) is 0 Å². The Bertz CT molecular complexity index is 2050. The molecule has 2 amide bonds. The van der Waals surface area contributed by atoms with Crippen molar-refractivity contribution in [1.82, 2.24) is 19.4 Å². The Kier molecular flexibility index (Phi) is 8.26. The van der Waals surface area contributed by atoms with Gasteiger partial charge in [0.25, 0.3) is 11.8 Å². The summed E-state index contributed by atoms with van der Waals surface area (Å²) in [5.74, 6) is -1.15. The lowest BCUT2D eigenvalue weighted by Crippen LogP contribution is -2.58. The summed E-state index contributed by atoms with van der Waals surface area (Å²) in [6, 6.07) is 22.8. The summed E-state index contributed by atoms with van der Waals surface area (Å²) < 4.78 is 27.2. The van der Waals surface area contributed by atoms with Gasteiger partial charge in [0, 0.05) is 67.9 Å². The van der Waals surface area contributed by atoms with E-state index < -0.39 is 23.2 Å². The summed E-state index contributed by atoms with van der Waals surface area (Å²) in [6.45, 7) is 0.853. The number of esters is 1. The summed E-state index contributed by atoms with van der Waals surface area (Å²) in [7, 11) is 6.43. The Hall–Kier alpha value is -5.38. The summed E-state index contributed by atoms with van der Waals surface area (Å²) in [5.41, 5.74) is 4.20. The Balaban J connectivity index is 1.35. The van der Waals surface area contributed by atoms with E-state index in [1.807, 2.05) is 36.5 Å². The number of nitrogens with zero attached hydrogens (tertiary/aromatic N) is 3. The molecule has 3 heterocycles. The zero-order valence-electron chi connectivity index (χ0n) is 28.0. The fraction of sp³-hybridized carbons (Fsp3) is 0.308. The molecule has 9 nitrogen and oxygen atoms in total. The van der Waals surface area contributed by atoms with E-state index in [9.17, 15) is 18.8 Å². The Morgan fingerprint density at radius 1 is 1.00 bits per heavy atom. The van der Waals surface area contributed by atoms with Gasteiger partial charge >= 0.3 is 5.97 Å². The minimum Gasteiger partial charge on any atom is -0.497 e. The molecule has 0 radical (unpaired) electrons. The second-order valence-electron chi connectivity index (χ2n) is 13.2. The van der Waals surface area contributed by atoms with Gasteiger partial charge in [-0.25, -0.2) is 9.18 Å². The quantitative estimate of drug-likeness (QED) is 0.207. The van der Waals surface area contributed by atoms with E-state index in [0.717, 1.165) is 33.5 Å². The van der Waals surface area contributed by atoms with Crippen molar-refractivity contribution in [3.8, 4) is 5.75 Å². The molecular weight excluding hydrogens is 623 g/mol. The third-order valence-electron chi connectivity index (χ3n) is 10.3. The first-order chi connectivity index (χ1) is 23.7. The highest BCUT2D eigenvalue weighted by Crippen LogP contribution is 2.55. The standard InChI is InChI=1S/C39H39FN4O5/c1-42(2)37(46)34-20-31-33(43(34)17-16-26-22-41-32-15-14-29(48-3)19-30(26)32)18-27-23-44(36(45)25-8-6-5-7-9-25)39(35(27)31,38(47)49-4)21-24-10-12-28(40)13-11-24/h5-15,19-20,22,27,35,41H,16-18,21,23H2,1-4H3/t27-,35+,39+/m0/s1. The average molecular weight is 663 g/mol. The highest BCUT2D eigenvalue weighted by molar-refractivity contribution is 6.00. The number of aromatic nitrogens is 2. The number of carbonyl (C=O) groups excluding carboxylic acids is 3. The zero-order chi connectivity index (χ0) is 34.4. The number of aryl methyl sites for hydroxylation is 1. The number of rotatable bonds is 9. The van der Waals surface area contributed by atoms with Crippen LogP contribution in [-0.4, -0.2) is 77.5 Å². The molecule has 10 heteroatoms. The molecule has 49 heavy (non-hydrogen) atoms. The van der Waals surface area contributed by atoms with Gasteiger partial charge < -0.3 is 28.8 Å². The molecule has 1 aliphatic heterocycles. The molecule has 1 N–H and O–H groups in total. The number of benzene rings is 3. The van der Waals surface area contributed by atoms with Crippen molar-refractivity contribution < 1.29 is 28.2 Å². The third-order valence-corrected chi connectivity index (χ3v) is 10.3. The molecule has 2 aliphatic rings. The van der Waals surface area contributed by atoms with Crippen LogP contribution in [0.1, 0.15) is 49.1 Å². The van der Waals surface area contributed by atoms with Gasteiger partial charge in [0.1, 0.15) is 17.3 Å². The Morgan fingerprint density at radius 2 is 1.76 bits per heavy atom. The van der Waals surface area contributed by atoms with E-state index in [1.54, 1.807) is 67.4 Å². The number of aromatic amines is 1. The van der Waals surface area contributed by atoms with Gasteiger partial charge in [0.2, 0.25) is 0 Å². The van der Waals surface area contributed by atoms with Crippen LogP contribution in [0.15, 0.2) is 85.1 Å². The zero-order valence-corrected chi connectivity index (χ0v) is 28.0. The number of amides is 2. The number of fused-ring (bicyclic) bond motifs is 4. The second-order valence-corrected chi connectivity index (χ2v) is 13.2. The molecule has 252 valence electrons. The largest absolute Gasteiger partial charge is 0.497 e. The third kappa shape index (κ3) is 5.35. The smallest absolute Gasteiger partial charge is 0.332 e. The van der Waals surface area contributed by atoms with Gasteiger partial charge in [0.05, 0.1) is 14.2 Å². The molecule has 7 rings (SSSR count). The van der Waals surface area contributed by atoms with Crippen molar-refractivity contribution in [2.45, 2.75) is 37.3 Å². The highest BCUT2D eigenvalue weighted by Gasteiger charge is 2.64. The molecule has 2 aromatic heterocycles. The Morgan fingerprint density at radius 3 is 2.45 bits per heavy atom. The summed E-state index contributed by atoms with van der Waals surface area (Å²) >= 11 is 0. The van der Waals surface area contributed by atoms with Gasteiger partial charge in [-0.2, -0.15) is 0 Å². The molecule has 3 aromatic carbocycles. The van der Waals surface area contributed by atoms with Crippen molar-refractivity contribution in [2.75, 3.05) is 34.9 Å². The fourth-order valence-corrected chi connectivity index (χ4v) is 8.10. The maximum absolute atomic E-state index is 14.3. The van der Waals surface area contributed by atoms with Crippen LogP contribution >= 0.6 is 0 Å². The number of H-pyrrole nitrogens is 1. The number of ether oxygens (including phenoxy) is 2. The normalized spacial score (nSPS) is 19.5. The maximum atomic E-state index is 14.3. The predicted octanol–water partition coefficient (Wildman–Crippen LogP) is 5.63. The molecule has 5 aromatic rings. The number of nitrogens with one attached hydrogen (secondary N) is 1. The molecule has 1 aliphatic carbocycles. The molecule has 0 bridgehead atoms. The number of hydrogen-bond donors (Lipinski definition) is 1.